The number of amides is 1. The number of alkyl halides is 2. The van der Waals surface area contributed by atoms with Gasteiger partial charge in [-0.1, -0.05) is 6.07 Å². The first-order chi connectivity index (χ1) is 10.4. The Morgan fingerprint density at radius 2 is 2.17 bits per heavy atom. The molecule has 0 radical (unpaired) electrons. The number of halogens is 3. The summed E-state index contributed by atoms with van der Waals surface area (Å²) in [6.07, 6.45) is -0.530. The molecule has 0 saturated carbocycles. The molecule has 1 atom stereocenters. The summed E-state index contributed by atoms with van der Waals surface area (Å²) >= 11 is 0. The van der Waals surface area contributed by atoms with E-state index in [4.69, 9.17) is 4.74 Å². The summed E-state index contributed by atoms with van der Waals surface area (Å²) in [7, 11) is 1.24. The molecule has 1 amide bonds. The van der Waals surface area contributed by atoms with E-state index in [1.54, 1.807) is 18.2 Å². The first-order valence-corrected chi connectivity index (χ1v) is 6.61. The predicted molar refractivity (Wildman–Crippen MR) is 81.2 cm³/mol. The molecular formula is C14H17ClF2N2O4. The summed E-state index contributed by atoms with van der Waals surface area (Å²) in [4.78, 5) is 22.9. The van der Waals surface area contributed by atoms with Gasteiger partial charge in [0, 0.05) is 18.2 Å². The molecule has 1 saturated heterocycles. The second kappa shape index (κ2) is 8.07. The van der Waals surface area contributed by atoms with Crippen molar-refractivity contribution in [2.24, 2.45) is 0 Å². The van der Waals surface area contributed by atoms with E-state index >= 15 is 0 Å². The fraction of sp³-hybridized carbons (Fsp3) is 0.429. The van der Waals surface area contributed by atoms with Crippen molar-refractivity contribution in [2.75, 3.05) is 25.6 Å². The zero-order valence-corrected chi connectivity index (χ0v) is 13.1. The highest BCUT2D eigenvalue weighted by atomic mass is 35.5. The topological polar surface area (TPSA) is 76.7 Å². The van der Waals surface area contributed by atoms with Gasteiger partial charge in [-0.3, -0.25) is 10.1 Å². The SMILES string of the molecule is COC(=O)COc1cccc(NC(=O)C2CC(F)(F)CN2)c1.Cl. The molecule has 1 aromatic carbocycles. The Hall–Kier alpha value is -1.93. The van der Waals surface area contributed by atoms with Crippen LogP contribution in [0.3, 0.4) is 0 Å². The fourth-order valence-electron chi connectivity index (χ4n) is 2.00. The van der Waals surface area contributed by atoms with Gasteiger partial charge in [-0.15, -0.1) is 12.4 Å². The molecule has 0 spiro atoms. The molecule has 23 heavy (non-hydrogen) atoms. The van der Waals surface area contributed by atoms with Crippen molar-refractivity contribution in [3.63, 3.8) is 0 Å². The Balaban J connectivity index is 0.00000264. The second-order valence-electron chi connectivity index (χ2n) is 4.88. The third kappa shape index (κ3) is 5.65. The lowest BCUT2D eigenvalue weighted by atomic mass is 10.2. The van der Waals surface area contributed by atoms with E-state index in [1.165, 1.54) is 13.2 Å². The van der Waals surface area contributed by atoms with E-state index in [0.717, 1.165) is 0 Å². The smallest absolute Gasteiger partial charge is 0.343 e. The van der Waals surface area contributed by atoms with Crippen LogP contribution >= 0.6 is 12.4 Å². The molecular weight excluding hydrogens is 334 g/mol. The van der Waals surface area contributed by atoms with Crippen LogP contribution in [-0.2, 0) is 14.3 Å². The lowest BCUT2D eigenvalue weighted by Crippen LogP contribution is -2.35. The quantitative estimate of drug-likeness (QED) is 0.789. The van der Waals surface area contributed by atoms with Crippen LogP contribution in [0.15, 0.2) is 24.3 Å². The number of carbonyl (C=O) groups is 2. The number of esters is 1. The van der Waals surface area contributed by atoms with Crippen LogP contribution < -0.4 is 15.4 Å². The summed E-state index contributed by atoms with van der Waals surface area (Å²) < 4.78 is 35.7. The molecule has 1 aliphatic rings. The molecule has 1 unspecified atom stereocenters. The minimum absolute atomic E-state index is 0. The van der Waals surface area contributed by atoms with Crippen LogP contribution in [-0.4, -0.2) is 44.1 Å². The van der Waals surface area contributed by atoms with Gasteiger partial charge in [0.05, 0.1) is 19.7 Å². The molecule has 9 heteroatoms. The number of nitrogens with one attached hydrogen (secondary N) is 2. The Morgan fingerprint density at radius 1 is 1.43 bits per heavy atom. The predicted octanol–water partition coefficient (Wildman–Crippen LogP) is 1.60. The van der Waals surface area contributed by atoms with Crippen molar-refractivity contribution in [2.45, 2.75) is 18.4 Å². The van der Waals surface area contributed by atoms with Crippen LogP contribution in [0.25, 0.3) is 0 Å². The first kappa shape index (κ1) is 19.1. The molecule has 128 valence electrons. The molecule has 1 aliphatic heterocycles. The molecule has 0 aliphatic carbocycles. The number of hydrogen-bond acceptors (Lipinski definition) is 5. The van der Waals surface area contributed by atoms with Gasteiger partial charge in [-0.25, -0.2) is 13.6 Å². The molecule has 2 N–H and O–H groups in total. The van der Waals surface area contributed by atoms with Crippen LogP contribution in [0.1, 0.15) is 6.42 Å². The molecule has 1 aromatic rings. The van der Waals surface area contributed by atoms with Crippen molar-refractivity contribution < 1.29 is 27.8 Å². The van der Waals surface area contributed by atoms with E-state index < -0.39 is 36.8 Å². The second-order valence-corrected chi connectivity index (χ2v) is 4.88. The van der Waals surface area contributed by atoms with Crippen molar-refractivity contribution in [1.82, 2.24) is 5.32 Å². The summed E-state index contributed by atoms with van der Waals surface area (Å²) in [5, 5.41) is 5.01. The van der Waals surface area contributed by atoms with Gasteiger partial charge in [0.1, 0.15) is 5.75 Å². The highest BCUT2D eigenvalue weighted by Gasteiger charge is 2.42. The van der Waals surface area contributed by atoms with Crippen molar-refractivity contribution >= 4 is 30.0 Å². The van der Waals surface area contributed by atoms with Gasteiger partial charge in [-0.05, 0) is 12.1 Å². The third-order valence-corrected chi connectivity index (χ3v) is 3.11. The fourth-order valence-corrected chi connectivity index (χ4v) is 2.00. The molecule has 2 rings (SSSR count). The van der Waals surface area contributed by atoms with E-state index in [-0.39, 0.29) is 19.0 Å². The maximum absolute atomic E-state index is 13.1. The van der Waals surface area contributed by atoms with Crippen molar-refractivity contribution in [1.29, 1.82) is 0 Å². The standard InChI is InChI=1S/C14H16F2N2O4.ClH/c1-21-12(19)7-22-10-4-2-3-9(5-10)18-13(20)11-6-14(15,16)8-17-11;/h2-5,11,17H,6-8H2,1H3,(H,18,20);1H. The Bertz CT molecular complexity index is 571. The van der Waals surface area contributed by atoms with E-state index in [2.05, 4.69) is 15.4 Å². The summed E-state index contributed by atoms with van der Waals surface area (Å²) in [6.45, 7) is -0.766. The Labute approximate surface area is 137 Å². The number of hydrogen-bond donors (Lipinski definition) is 2. The average Bonchev–Trinajstić information content (AvgIpc) is 2.85. The molecule has 0 aromatic heterocycles. The van der Waals surface area contributed by atoms with Gasteiger partial charge in [0.2, 0.25) is 5.91 Å². The van der Waals surface area contributed by atoms with E-state index in [9.17, 15) is 18.4 Å². The maximum atomic E-state index is 13.1. The Morgan fingerprint density at radius 3 is 2.78 bits per heavy atom. The van der Waals surface area contributed by atoms with Crippen LogP contribution in [0.4, 0.5) is 14.5 Å². The van der Waals surface area contributed by atoms with Gasteiger partial charge in [-0.2, -0.15) is 0 Å². The largest absolute Gasteiger partial charge is 0.482 e. The number of rotatable bonds is 5. The molecule has 6 nitrogen and oxygen atoms in total. The summed E-state index contributed by atoms with van der Waals surface area (Å²) in [5.41, 5.74) is 0.393. The molecule has 0 bridgehead atoms. The molecule has 1 heterocycles. The Kier molecular flexibility index (Phi) is 6.71. The van der Waals surface area contributed by atoms with Gasteiger partial charge in [0.25, 0.3) is 5.92 Å². The van der Waals surface area contributed by atoms with Gasteiger partial charge < -0.3 is 14.8 Å². The molecule has 1 fully saturated rings. The summed E-state index contributed by atoms with van der Waals surface area (Å²) in [6, 6.07) is 5.36. The third-order valence-electron chi connectivity index (χ3n) is 3.11. The lowest BCUT2D eigenvalue weighted by molar-refractivity contribution is -0.142. The zero-order valence-electron chi connectivity index (χ0n) is 12.3. The normalized spacial score (nSPS) is 18.7. The minimum Gasteiger partial charge on any atom is -0.482 e. The lowest BCUT2D eigenvalue weighted by Gasteiger charge is -2.12. The van der Waals surface area contributed by atoms with Crippen LogP contribution in [0.5, 0.6) is 5.75 Å². The highest BCUT2D eigenvalue weighted by Crippen LogP contribution is 2.26. The number of ether oxygens (including phenoxy) is 2. The highest BCUT2D eigenvalue weighted by molar-refractivity contribution is 5.95. The zero-order chi connectivity index (χ0) is 16.2. The average molecular weight is 351 g/mol. The van der Waals surface area contributed by atoms with Gasteiger partial charge in [0.15, 0.2) is 6.61 Å². The monoisotopic (exact) mass is 350 g/mol. The van der Waals surface area contributed by atoms with E-state index in [1.807, 2.05) is 0 Å². The van der Waals surface area contributed by atoms with Crippen LogP contribution in [0.2, 0.25) is 0 Å². The maximum Gasteiger partial charge on any atom is 0.343 e. The van der Waals surface area contributed by atoms with Crippen LogP contribution in [0, 0.1) is 0 Å². The first-order valence-electron chi connectivity index (χ1n) is 6.61. The van der Waals surface area contributed by atoms with Crippen molar-refractivity contribution in [3.05, 3.63) is 24.3 Å². The number of benzene rings is 1. The number of anilines is 1. The minimum atomic E-state index is -2.87. The number of methoxy groups -OCH3 is 1. The van der Waals surface area contributed by atoms with Crippen molar-refractivity contribution in [3.8, 4) is 5.75 Å². The summed E-state index contributed by atoms with van der Waals surface area (Å²) in [5.74, 6) is -3.59. The number of carbonyl (C=O) groups excluding carboxylic acids is 2. The van der Waals surface area contributed by atoms with Gasteiger partial charge >= 0.3 is 5.97 Å². The van der Waals surface area contributed by atoms with E-state index in [0.29, 0.717) is 11.4 Å².